The van der Waals surface area contributed by atoms with Crippen LogP contribution in [0.5, 0.6) is 0 Å². The molecule has 1 aromatic rings. The second kappa shape index (κ2) is 4.48. The average molecular weight is 235 g/mol. The van der Waals surface area contributed by atoms with Crippen molar-refractivity contribution in [1.29, 1.82) is 0 Å². The number of hydrogen-bond donors (Lipinski definition) is 0. The first-order valence-electron chi connectivity index (χ1n) is 5.29. The fourth-order valence-electron chi connectivity index (χ4n) is 1.90. The molecular weight excluding hydrogens is 222 g/mol. The standard InChI is InChI=1S/C11H13N3O3/c1-7-10(13-4-3-12-7)14-6-8(5-9(14)15)11(16)17-2/h3-4,8H,5-6H2,1-2H3. The zero-order chi connectivity index (χ0) is 12.4. The van der Waals surface area contributed by atoms with Crippen LogP contribution in [-0.2, 0) is 14.3 Å². The number of carbonyl (C=O) groups excluding carboxylic acids is 2. The molecule has 2 rings (SSSR count). The van der Waals surface area contributed by atoms with E-state index in [0.717, 1.165) is 0 Å². The van der Waals surface area contributed by atoms with Crippen LogP contribution in [0.4, 0.5) is 5.82 Å². The Labute approximate surface area is 98.6 Å². The molecule has 1 aliphatic heterocycles. The van der Waals surface area contributed by atoms with Gasteiger partial charge in [0.1, 0.15) is 0 Å². The molecule has 1 atom stereocenters. The van der Waals surface area contributed by atoms with E-state index in [4.69, 9.17) is 0 Å². The SMILES string of the molecule is COC(=O)C1CC(=O)N(c2nccnc2C)C1. The molecule has 0 spiro atoms. The highest BCUT2D eigenvalue weighted by Gasteiger charge is 2.37. The van der Waals surface area contributed by atoms with E-state index >= 15 is 0 Å². The minimum atomic E-state index is -0.408. The van der Waals surface area contributed by atoms with Crippen molar-refractivity contribution in [1.82, 2.24) is 9.97 Å². The first-order valence-corrected chi connectivity index (χ1v) is 5.29. The number of esters is 1. The lowest BCUT2D eigenvalue weighted by Crippen LogP contribution is -2.28. The predicted octanol–water partition coefficient (Wildman–Crippen LogP) is 0.311. The summed E-state index contributed by atoms with van der Waals surface area (Å²) in [6, 6.07) is 0. The van der Waals surface area contributed by atoms with Crippen molar-refractivity contribution in [3.63, 3.8) is 0 Å². The summed E-state index contributed by atoms with van der Waals surface area (Å²) in [6.07, 6.45) is 3.26. The molecule has 2 heterocycles. The molecule has 1 saturated heterocycles. The number of aromatic nitrogens is 2. The van der Waals surface area contributed by atoms with Crippen molar-refractivity contribution in [3.8, 4) is 0 Å². The van der Waals surface area contributed by atoms with E-state index in [0.29, 0.717) is 18.1 Å². The molecule has 6 heteroatoms. The third kappa shape index (κ3) is 2.11. The number of rotatable bonds is 2. The molecule has 0 aliphatic carbocycles. The molecule has 6 nitrogen and oxygen atoms in total. The normalized spacial score (nSPS) is 19.5. The second-order valence-electron chi connectivity index (χ2n) is 3.89. The summed E-state index contributed by atoms with van der Waals surface area (Å²) < 4.78 is 4.64. The molecule has 1 aromatic heterocycles. The van der Waals surface area contributed by atoms with Crippen LogP contribution >= 0.6 is 0 Å². The second-order valence-corrected chi connectivity index (χ2v) is 3.89. The highest BCUT2D eigenvalue weighted by molar-refractivity contribution is 5.99. The van der Waals surface area contributed by atoms with Crippen LogP contribution in [0.25, 0.3) is 0 Å². The van der Waals surface area contributed by atoms with E-state index in [1.54, 1.807) is 13.1 Å². The summed E-state index contributed by atoms with van der Waals surface area (Å²) in [5.41, 5.74) is 0.673. The molecule has 0 radical (unpaired) electrons. The van der Waals surface area contributed by atoms with Crippen LogP contribution < -0.4 is 4.90 Å². The van der Waals surface area contributed by atoms with Crippen LogP contribution in [0.15, 0.2) is 12.4 Å². The minimum Gasteiger partial charge on any atom is -0.469 e. The van der Waals surface area contributed by atoms with Crippen molar-refractivity contribution >= 4 is 17.7 Å². The molecule has 1 aliphatic rings. The van der Waals surface area contributed by atoms with Crippen molar-refractivity contribution < 1.29 is 14.3 Å². The number of nitrogens with zero attached hydrogens (tertiary/aromatic N) is 3. The fourth-order valence-corrected chi connectivity index (χ4v) is 1.90. The van der Waals surface area contributed by atoms with E-state index in [-0.39, 0.29) is 18.3 Å². The molecule has 1 amide bonds. The minimum absolute atomic E-state index is 0.121. The summed E-state index contributed by atoms with van der Waals surface area (Å²) in [5, 5.41) is 0. The number of anilines is 1. The van der Waals surface area contributed by atoms with Crippen LogP contribution in [0, 0.1) is 12.8 Å². The van der Waals surface area contributed by atoms with Gasteiger partial charge < -0.3 is 4.74 Å². The van der Waals surface area contributed by atoms with E-state index in [2.05, 4.69) is 14.7 Å². The third-order valence-corrected chi connectivity index (χ3v) is 2.77. The molecule has 0 aromatic carbocycles. The van der Waals surface area contributed by atoms with Gasteiger partial charge >= 0.3 is 5.97 Å². The largest absolute Gasteiger partial charge is 0.469 e. The van der Waals surface area contributed by atoms with Gasteiger partial charge in [0.05, 0.1) is 18.7 Å². The van der Waals surface area contributed by atoms with Gasteiger partial charge in [0.25, 0.3) is 0 Å². The highest BCUT2D eigenvalue weighted by Crippen LogP contribution is 2.25. The maximum absolute atomic E-state index is 11.8. The Hall–Kier alpha value is -1.98. The molecule has 1 unspecified atom stereocenters. The summed E-state index contributed by atoms with van der Waals surface area (Å²) in [6.45, 7) is 2.09. The Morgan fingerprint density at radius 3 is 2.82 bits per heavy atom. The lowest BCUT2D eigenvalue weighted by Gasteiger charge is -2.16. The molecular formula is C11H13N3O3. The van der Waals surface area contributed by atoms with Crippen molar-refractivity contribution in [3.05, 3.63) is 18.1 Å². The monoisotopic (exact) mass is 235 g/mol. The molecule has 0 bridgehead atoms. The maximum atomic E-state index is 11.8. The van der Waals surface area contributed by atoms with Crippen molar-refractivity contribution in [2.45, 2.75) is 13.3 Å². The lowest BCUT2D eigenvalue weighted by molar-refractivity contribution is -0.145. The quantitative estimate of drug-likeness (QED) is 0.690. The van der Waals surface area contributed by atoms with Gasteiger partial charge in [-0.1, -0.05) is 0 Å². The molecule has 17 heavy (non-hydrogen) atoms. The molecule has 90 valence electrons. The summed E-state index contributed by atoms with van der Waals surface area (Å²) in [5.74, 6) is -0.371. The molecule has 0 saturated carbocycles. The Morgan fingerprint density at radius 2 is 2.18 bits per heavy atom. The van der Waals surface area contributed by atoms with Gasteiger partial charge in [-0.25, -0.2) is 4.98 Å². The Balaban J connectivity index is 2.22. The Kier molecular flexibility index (Phi) is 3.03. The Bertz CT molecular complexity index is 461. The lowest BCUT2D eigenvalue weighted by atomic mass is 10.1. The topological polar surface area (TPSA) is 72.4 Å². The van der Waals surface area contributed by atoms with E-state index in [9.17, 15) is 9.59 Å². The molecule has 1 fully saturated rings. The zero-order valence-corrected chi connectivity index (χ0v) is 9.71. The number of methoxy groups -OCH3 is 1. The number of carbonyl (C=O) groups is 2. The smallest absolute Gasteiger partial charge is 0.311 e. The van der Waals surface area contributed by atoms with Gasteiger partial charge in [0.15, 0.2) is 5.82 Å². The van der Waals surface area contributed by atoms with Crippen LogP contribution in [-0.4, -0.2) is 35.5 Å². The van der Waals surface area contributed by atoms with Crippen molar-refractivity contribution in [2.75, 3.05) is 18.6 Å². The van der Waals surface area contributed by atoms with Crippen molar-refractivity contribution in [2.24, 2.45) is 5.92 Å². The van der Waals surface area contributed by atoms with Gasteiger partial charge in [-0.2, -0.15) is 0 Å². The summed E-state index contributed by atoms with van der Waals surface area (Å²) in [7, 11) is 1.32. The van der Waals surface area contributed by atoms with E-state index in [1.807, 2.05) is 0 Å². The van der Waals surface area contributed by atoms with Gasteiger partial charge in [-0.15, -0.1) is 0 Å². The van der Waals surface area contributed by atoms with Gasteiger partial charge in [0, 0.05) is 25.4 Å². The maximum Gasteiger partial charge on any atom is 0.311 e. The number of hydrogen-bond acceptors (Lipinski definition) is 5. The van der Waals surface area contributed by atoms with E-state index < -0.39 is 5.92 Å². The van der Waals surface area contributed by atoms with Gasteiger partial charge in [0.2, 0.25) is 5.91 Å². The van der Waals surface area contributed by atoms with Crippen LogP contribution in [0.2, 0.25) is 0 Å². The van der Waals surface area contributed by atoms with Gasteiger partial charge in [-0.05, 0) is 6.92 Å². The first-order chi connectivity index (χ1) is 8.13. The first kappa shape index (κ1) is 11.5. The number of ether oxygens (including phenoxy) is 1. The van der Waals surface area contributed by atoms with Crippen LogP contribution in [0.3, 0.4) is 0 Å². The number of aryl methyl sites for hydroxylation is 1. The predicted molar refractivity (Wildman–Crippen MR) is 59.2 cm³/mol. The summed E-state index contributed by atoms with van der Waals surface area (Å²) >= 11 is 0. The summed E-state index contributed by atoms with van der Waals surface area (Å²) in [4.78, 5) is 32.9. The van der Waals surface area contributed by atoms with Gasteiger partial charge in [-0.3, -0.25) is 19.5 Å². The Morgan fingerprint density at radius 1 is 1.47 bits per heavy atom. The highest BCUT2D eigenvalue weighted by atomic mass is 16.5. The van der Waals surface area contributed by atoms with E-state index in [1.165, 1.54) is 18.2 Å². The zero-order valence-electron chi connectivity index (χ0n) is 9.71. The fraction of sp³-hybridized carbons (Fsp3) is 0.455. The average Bonchev–Trinajstić information content (AvgIpc) is 2.71. The third-order valence-electron chi connectivity index (χ3n) is 2.77. The van der Waals surface area contributed by atoms with Crippen LogP contribution in [0.1, 0.15) is 12.1 Å². The number of amides is 1. The molecule has 0 N–H and O–H groups in total.